The van der Waals surface area contributed by atoms with Crippen LogP contribution in [0, 0.1) is 17.7 Å². The third-order valence-corrected chi connectivity index (χ3v) is 3.82. The predicted molar refractivity (Wildman–Crippen MR) is 99.7 cm³/mol. The first-order chi connectivity index (χ1) is 11.9. The van der Waals surface area contributed by atoms with Crippen molar-refractivity contribution in [3.8, 4) is 22.5 Å². The van der Waals surface area contributed by atoms with Crippen LogP contribution in [0.3, 0.4) is 0 Å². The lowest BCUT2D eigenvalue weighted by Crippen LogP contribution is -2.10. The van der Waals surface area contributed by atoms with Crippen LogP contribution in [0.5, 0.6) is 0 Å². The average molecular weight is 330 g/mol. The van der Waals surface area contributed by atoms with Crippen molar-refractivity contribution >= 4 is 11.7 Å². The second-order valence-corrected chi connectivity index (χ2v) is 5.67. The van der Waals surface area contributed by atoms with Gasteiger partial charge in [0.25, 0.3) is 0 Å². The first-order valence-electron chi connectivity index (χ1n) is 7.69. The fourth-order valence-corrected chi connectivity index (χ4v) is 2.50. The first-order valence-corrected chi connectivity index (χ1v) is 7.69. The van der Waals surface area contributed by atoms with Crippen LogP contribution in [-0.4, -0.2) is 21.6 Å². The zero-order valence-corrected chi connectivity index (χ0v) is 13.7. The van der Waals surface area contributed by atoms with Gasteiger partial charge in [-0.15, -0.1) is 0 Å². The normalized spacial score (nSPS) is 10.4. The van der Waals surface area contributed by atoms with Crippen LogP contribution in [0.4, 0.5) is 0 Å². The van der Waals surface area contributed by atoms with Gasteiger partial charge in [0.05, 0.1) is 11.4 Å². The maximum absolute atomic E-state index is 7.47. The van der Waals surface area contributed by atoms with Gasteiger partial charge in [-0.3, -0.25) is 10.8 Å². The minimum absolute atomic E-state index is 0.0386. The van der Waals surface area contributed by atoms with Gasteiger partial charge >= 0.3 is 0 Å². The average Bonchev–Trinajstić information content (AvgIpc) is 2.61. The second-order valence-electron chi connectivity index (χ2n) is 5.67. The molecule has 0 bridgehead atoms. The lowest BCUT2D eigenvalue weighted by atomic mass is 10.0. The van der Waals surface area contributed by atoms with Crippen molar-refractivity contribution in [2.24, 2.45) is 11.5 Å². The molecule has 1 heterocycles. The number of rotatable bonds is 4. The summed E-state index contributed by atoms with van der Waals surface area (Å²) < 4.78 is 0. The molecular weight excluding hydrogens is 312 g/mol. The molecule has 6 N–H and O–H groups in total. The molecule has 3 aromatic rings. The summed E-state index contributed by atoms with van der Waals surface area (Å²) in [5.41, 5.74) is 15.8. The molecule has 3 rings (SSSR count). The van der Waals surface area contributed by atoms with Gasteiger partial charge in [0.2, 0.25) is 0 Å². The minimum atomic E-state index is 0.0386. The van der Waals surface area contributed by atoms with E-state index in [0.29, 0.717) is 17.0 Å². The van der Waals surface area contributed by atoms with E-state index in [2.05, 4.69) is 9.97 Å². The van der Waals surface area contributed by atoms with E-state index in [1.807, 2.05) is 37.3 Å². The van der Waals surface area contributed by atoms with Crippen molar-refractivity contribution in [1.29, 1.82) is 10.8 Å². The fraction of sp³-hybridized carbons (Fsp3) is 0.0526. The number of aryl methyl sites for hydroxylation is 1. The van der Waals surface area contributed by atoms with Gasteiger partial charge in [0.1, 0.15) is 17.5 Å². The Hall–Kier alpha value is -3.54. The van der Waals surface area contributed by atoms with Crippen LogP contribution in [0.15, 0.2) is 54.6 Å². The molecule has 0 aliphatic carbocycles. The summed E-state index contributed by atoms with van der Waals surface area (Å²) in [6.07, 6.45) is 0. The largest absolute Gasteiger partial charge is 0.384 e. The topological polar surface area (TPSA) is 126 Å². The molecule has 0 saturated heterocycles. The van der Waals surface area contributed by atoms with Crippen LogP contribution in [-0.2, 0) is 0 Å². The summed E-state index contributed by atoms with van der Waals surface area (Å²) in [5.74, 6) is 0.743. The van der Waals surface area contributed by atoms with Crippen molar-refractivity contribution in [1.82, 2.24) is 9.97 Å². The van der Waals surface area contributed by atoms with E-state index in [9.17, 15) is 0 Å². The summed E-state index contributed by atoms with van der Waals surface area (Å²) in [7, 11) is 0. The number of nitrogen functional groups attached to an aromatic ring is 2. The van der Waals surface area contributed by atoms with E-state index in [0.717, 1.165) is 22.5 Å². The van der Waals surface area contributed by atoms with Gasteiger partial charge in [-0.2, -0.15) is 0 Å². The van der Waals surface area contributed by atoms with Gasteiger partial charge in [-0.05, 0) is 13.0 Å². The number of hydrogen-bond acceptors (Lipinski definition) is 4. The third kappa shape index (κ3) is 3.53. The summed E-state index contributed by atoms with van der Waals surface area (Å²) in [6.45, 7) is 1.85. The van der Waals surface area contributed by atoms with Crippen LogP contribution in [0.2, 0.25) is 0 Å². The van der Waals surface area contributed by atoms with Gasteiger partial charge in [0.15, 0.2) is 0 Å². The van der Waals surface area contributed by atoms with E-state index >= 15 is 0 Å². The standard InChI is InChI=1S/C19H18N6/c1-11-24-16(12-2-6-14(7-3-12)18(20)21)10-17(25-11)13-4-8-15(9-5-13)19(22)23/h2-10H,1H3,(H3,20,21)(H3,22,23). The summed E-state index contributed by atoms with van der Waals surface area (Å²) in [6, 6.07) is 16.7. The smallest absolute Gasteiger partial charge is 0.126 e. The number of nitrogens with one attached hydrogen (secondary N) is 2. The Morgan fingerprint density at radius 1 is 0.720 bits per heavy atom. The quantitative estimate of drug-likeness (QED) is 0.433. The van der Waals surface area contributed by atoms with Crippen LogP contribution in [0.1, 0.15) is 17.0 Å². The summed E-state index contributed by atoms with van der Waals surface area (Å²) >= 11 is 0. The van der Waals surface area contributed by atoms with Crippen molar-refractivity contribution in [3.63, 3.8) is 0 Å². The monoisotopic (exact) mass is 330 g/mol. The predicted octanol–water partition coefficient (Wildman–Crippen LogP) is 2.69. The highest BCUT2D eigenvalue weighted by molar-refractivity contribution is 5.96. The first kappa shape index (κ1) is 16.3. The van der Waals surface area contributed by atoms with E-state index in [1.54, 1.807) is 24.3 Å². The maximum atomic E-state index is 7.47. The molecule has 124 valence electrons. The molecule has 0 unspecified atom stereocenters. The second kappa shape index (κ2) is 6.52. The molecule has 0 spiro atoms. The molecule has 0 aliphatic rings. The molecule has 0 radical (unpaired) electrons. The molecule has 0 atom stereocenters. The van der Waals surface area contributed by atoms with E-state index in [1.165, 1.54) is 0 Å². The highest BCUT2D eigenvalue weighted by Crippen LogP contribution is 2.24. The molecule has 0 aliphatic heterocycles. The molecule has 6 nitrogen and oxygen atoms in total. The van der Waals surface area contributed by atoms with E-state index < -0.39 is 0 Å². The molecule has 25 heavy (non-hydrogen) atoms. The molecule has 0 fully saturated rings. The Morgan fingerprint density at radius 2 is 1.08 bits per heavy atom. The van der Waals surface area contributed by atoms with Crippen LogP contribution >= 0.6 is 0 Å². The summed E-state index contributed by atoms with van der Waals surface area (Å²) in [4.78, 5) is 9.00. The van der Waals surface area contributed by atoms with Gasteiger partial charge in [-0.25, -0.2) is 9.97 Å². The number of hydrogen-bond donors (Lipinski definition) is 4. The Morgan fingerprint density at radius 3 is 1.40 bits per heavy atom. The molecule has 2 aromatic carbocycles. The van der Waals surface area contributed by atoms with E-state index in [-0.39, 0.29) is 11.7 Å². The molecule has 0 saturated carbocycles. The summed E-state index contributed by atoms with van der Waals surface area (Å²) in [5, 5.41) is 14.9. The molecule has 6 heteroatoms. The zero-order valence-electron chi connectivity index (χ0n) is 13.7. The number of benzene rings is 2. The van der Waals surface area contributed by atoms with E-state index in [4.69, 9.17) is 22.3 Å². The fourth-order valence-electron chi connectivity index (χ4n) is 2.50. The van der Waals surface area contributed by atoms with Gasteiger partial charge < -0.3 is 11.5 Å². The highest BCUT2D eigenvalue weighted by Gasteiger charge is 2.08. The SMILES string of the molecule is Cc1nc(-c2ccc(C(=N)N)cc2)cc(-c2ccc(C(=N)N)cc2)n1. The van der Waals surface area contributed by atoms with Crippen LogP contribution in [0.25, 0.3) is 22.5 Å². The van der Waals surface area contributed by atoms with Gasteiger partial charge in [-0.1, -0.05) is 48.5 Å². The number of nitrogens with zero attached hydrogens (tertiary/aromatic N) is 2. The van der Waals surface area contributed by atoms with Crippen molar-refractivity contribution < 1.29 is 0 Å². The zero-order chi connectivity index (χ0) is 18.0. The minimum Gasteiger partial charge on any atom is -0.384 e. The Bertz CT molecular complexity index is 867. The number of aromatic nitrogens is 2. The number of nitrogens with two attached hydrogens (primary N) is 2. The van der Waals surface area contributed by atoms with Crippen molar-refractivity contribution in [2.75, 3.05) is 0 Å². The van der Waals surface area contributed by atoms with Crippen LogP contribution < -0.4 is 11.5 Å². The third-order valence-electron chi connectivity index (χ3n) is 3.82. The Kier molecular flexibility index (Phi) is 4.26. The van der Waals surface area contributed by atoms with Gasteiger partial charge in [0, 0.05) is 22.3 Å². The highest BCUT2D eigenvalue weighted by atomic mass is 14.9. The van der Waals surface area contributed by atoms with Crippen molar-refractivity contribution in [3.05, 3.63) is 71.5 Å². The Balaban J connectivity index is 2.00. The number of amidine groups is 2. The van der Waals surface area contributed by atoms with Crippen molar-refractivity contribution in [2.45, 2.75) is 6.92 Å². The molecule has 1 aromatic heterocycles. The lowest BCUT2D eigenvalue weighted by molar-refractivity contribution is 1.06. The molecule has 0 amide bonds. The lowest BCUT2D eigenvalue weighted by Gasteiger charge is -2.08. The maximum Gasteiger partial charge on any atom is 0.126 e. The Labute approximate surface area is 145 Å². The molecular formula is C19H18N6.